The van der Waals surface area contributed by atoms with Crippen molar-refractivity contribution in [2.75, 3.05) is 5.75 Å². The number of carbonyl (C=O) groups is 1. The van der Waals surface area contributed by atoms with Crippen molar-refractivity contribution in [3.8, 4) is 0 Å². The Morgan fingerprint density at radius 2 is 2.21 bits per heavy atom. The Kier molecular flexibility index (Phi) is 4.01. The molecule has 0 unspecified atom stereocenters. The van der Waals surface area contributed by atoms with Crippen LogP contribution < -0.4 is 0 Å². The van der Waals surface area contributed by atoms with Crippen LogP contribution in [0.5, 0.6) is 0 Å². The lowest BCUT2D eigenvalue weighted by Crippen LogP contribution is -1.96. The third-order valence-corrected chi connectivity index (χ3v) is 3.27. The largest absolute Gasteiger partial charge is 0.478 e. The third kappa shape index (κ3) is 2.77. The second-order valence-corrected chi connectivity index (χ2v) is 4.27. The molecule has 0 bridgehead atoms. The lowest BCUT2D eigenvalue weighted by atomic mass is 10.1. The number of hydrogen-bond donors (Lipinski definition) is 1. The molecule has 0 saturated heterocycles. The summed E-state index contributed by atoms with van der Waals surface area (Å²) < 4.78 is 0. The van der Waals surface area contributed by atoms with Crippen LogP contribution in [0, 0.1) is 6.92 Å². The van der Waals surface area contributed by atoms with Gasteiger partial charge >= 0.3 is 5.97 Å². The molecule has 0 radical (unpaired) electrons. The minimum absolute atomic E-state index is 0.364. The molecule has 1 rings (SSSR count). The summed E-state index contributed by atoms with van der Waals surface area (Å²) in [5.41, 5.74) is 1.41. The van der Waals surface area contributed by atoms with Gasteiger partial charge in [0.05, 0.1) is 5.56 Å². The van der Waals surface area contributed by atoms with E-state index in [2.05, 4.69) is 6.92 Å². The summed E-state index contributed by atoms with van der Waals surface area (Å²) in [5.74, 6) is 0.216. The topological polar surface area (TPSA) is 37.3 Å². The Hall–Kier alpha value is -0.960. The van der Waals surface area contributed by atoms with Gasteiger partial charge in [0.2, 0.25) is 0 Å². The van der Waals surface area contributed by atoms with Crippen molar-refractivity contribution in [1.82, 2.24) is 0 Å². The number of thioether (sulfide) groups is 1. The third-order valence-electron chi connectivity index (χ3n) is 1.88. The Bertz CT molecular complexity index is 334. The van der Waals surface area contributed by atoms with Crippen LogP contribution in [0.15, 0.2) is 23.1 Å². The van der Waals surface area contributed by atoms with E-state index in [-0.39, 0.29) is 0 Å². The zero-order valence-corrected chi connectivity index (χ0v) is 9.23. The van der Waals surface area contributed by atoms with Crippen LogP contribution in [0.1, 0.15) is 29.3 Å². The van der Waals surface area contributed by atoms with Gasteiger partial charge in [-0.05, 0) is 42.9 Å². The van der Waals surface area contributed by atoms with Crippen molar-refractivity contribution >= 4 is 17.7 Å². The highest BCUT2D eigenvalue weighted by Gasteiger charge is 2.05. The number of benzene rings is 1. The molecule has 76 valence electrons. The molecule has 1 aromatic rings. The second-order valence-electron chi connectivity index (χ2n) is 3.13. The molecule has 0 amide bonds. The number of aryl methyl sites for hydroxylation is 1. The molecule has 14 heavy (non-hydrogen) atoms. The SMILES string of the molecule is CCCSc1ccc(C(=O)O)cc1C. The zero-order valence-electron chi connectivity index (χ0n) is 8.41. The van der Waals surface area contributed by atoms with Gasteiger partial charge in [0.1, 0.15) is 0 Å². The normalized spacial score (nSPS) is 10.1. The summed E-state index contributed by atoms with van der Waals surface area (Å²) in [5, 5.41) is 8.77. The van der Waals surface area contributed by atoms with Crippen molar-refractivity contribution in [3.63, 3.8) is 0 Å². The van der Waals surface area contributed by atoms with Crippen molar-refractivity contribution in [2.45, 2.75) is 25.2 Å². The van der Waals surface area contributed by atoms with Crippen molar-refractivity contribution < 1.29 is 9.90 Å². The number of rotatable bonds is 4. The van der Waals surface area contributed by atoms with E-state index in [1.54, 1.807) is 23.9 Å². The highest BCUT2D eigenvalue weighted by molar-refractivity contribution is 7.99. The lowest BCUT2D eigenvalue weighted by Gasteiger charge is -2.05. The van der Waals surface area contributed by atoms with Crippen LogP contribution in [0.4, 0.5) is 0 Å². The Morgan fingerprint density at radius 1 is 1.50 bits per heavy atom. The quantitative estimate of drug-likeness (QED) is 0.775. The fourth-order valence-electron chi connectivity index (χ4n) is 1.16. The van der Waals surface area contributed by atoms with Crippen molar-refractivity contribution in [3.05, 3.63) is 29.3 Å². The standard InChI is InChI=1S/C11H14O2S/c1-3-6-14-10-5-4-9(11(12)13)7-8(10)2/h4-5,7H,3,6H2,1-2H3,(H,12,13). The Balaban J connectivity index is 2.84. The summed E-state index contributed by atoms with van der Waals surface area (Å²) in [6, 6.07) is 5.27. The van der Waals surface area contributed by atoms with Gasteiger partial charge in [-0.3, -0.25) is 0 Å². The van der Waals surface area contributed by atoms with E-state index >= 15 is 0 Å². The second kappa shape index (κ2) is 5.05. The van der Waals surface area contributed by atoms with E-state index in [0.717, 1.165) is 17.7 Å². The number of hydrogen-bond acceptors (Lipinski definition) is 2. The molecule has 2 nitrogen and oxygen atoms in total. The first-order valence-electron chi connectivity index (χ1n) is 4.62. The predicted octanol–water partition coefficient (Wildman–Crippen LogP) is 3.20. The monoisotopic (exact) mass is 210 g/mol. The van der Waals surface area contributed by atoms with Crippen molar-refractivity contribution in [1.29, 1.82) is 0 Å². The maximum atomic E-state index is 10.7. The predicted molar refractivity (Wildman–Crippen MR) is 59.2 cm³/mol. The summed E-state index contributed by atoms with van der Waals surface area (Å²) in [6.45, 7) is 4.08. The van der Waals surface area contributed by atoms with Crippen LogP contribution in [-0.4, -0.2) is 16.8 Å². The molecule has 1 aromatic carbocycles. The molecule has 0 aliphatic carbocycles. The van der Waals surface area contributed by atoms with E-state index in [0.29, 0.717) is 5.56 Å². The van der Waals surface area contributed by atoms with Gasteiger partial charge in [0, 0.05) is 4.90 Å². The maximum Gasteiger partial charge on any atom is 0.335 e. The molecular weight excluding hydrogens is 196 g/mol. The Labute approximate surface area is 88.3 Å². The van der Waals surface area contributed by atoms with Gasteiger partial charge in [-0.15, -0.1) is 11.8 Å². The first-order chi connectivity index (χ1) is 6.65. The van der Waals surface area contributed by atoms with E-state index in [1.807, 2.05) is 13.0 Å². The maximum absolute atomic E-state index is 10.7. The van der Waals surface area contributed by atoms with Gasteiger partial charge in [-0.1, -0.05) is 6.92 Å². The fraction of sp³-hybridized carbons (Fsp3) is 0.364. The van der Waals surface area contributed by atoms with Gasteiger partial charge in [0.15, 0.2) is 0 Å². The summed E-state index contributed by atoms with van der Waals surface area (Å²) in [4.78, 5) is 11.8. The molecule has 0 aliphatic rings. The van der Waals surface area contributed by atoms with E-state index in [9.17, 15) is 4.79 Å². The summed E-state index contributed by atoms with van der Waals surface area (Å²) in [7, 11) is 0. The average molecular weight is 210 g/mol. The molecule has 0 atom stereocenters. The molecule has 0 saturated carbocycles. The number of carboxylic acid groups (broad SMARTS) is 1. The molecule has 0 aromatic heterocycles. The smallest absolute Gasteiger partial charge is 0.335 e. The molecule has 1 N–H and O–H groups in total. The van der Waals surface area contributed by atoms with E-state index < -0.39 is 5.97 Å². The minimum Gasteiger partial charge on any atom is -0.478 e. The fourth-order valence-corrected chi connectivity index (χ4v) is 2.03. The molecule has 0 heterocycles. The molecular formula is C11H14O2S. The zero-order chi connectivity index (χ0) is 10.6. The van der Waals surface area contributed by atoms with E-state index in [1.165, 1.54) is 4.90 Å². The molecule has 0 fully saturated rings. The van der Waals surface area contributed by atoms with Crippen LogP contribution in [-0.2, 0) is 0 Å². The van der Waals surface area contributed by atoms with Crippen LogP contribution >= 0.6 is 11.8 Å². The Morgan fingerprint density at radius 3 is 2.71 bits per heavy atom. The molecule has 3 heteroatoms. The lowest BCUT2D eigenvalue weighted by molar-refractivity contribution is 0.0696. The summed E-state index contributed by atoms with van der Waals surface area (Å²) in [6.07, 6.45) is 1.13. The highest BCUT2D eigenvalue weighted by Crippen LogP contribution is 2.23. The first-order valence-corrected chi connectivity index (χ1v) is 5.60. The average Bonchev–Trinajstić information content (AvgIpc) is 2.15. The highest BCUT2D eigenvalue weighted by atomic mass is 32.2. The minimum atomic E-state index is -0.861. The van der Waals surface area contributed by atoms with Crippen LogP contribution in [0.25, 0.3) is 0 Å². The first kappa shape index (κ1) is 11.1. The molecule has 0 spiro atoms. The number of aromatic carboxylic acids is 1. The van der Waals surface area contributed by atoms with Crippen LogP contribution in [0.3, 0.4) is 0 Å². The van der Waals surface area contributed by atoms with Gasteiger partial charge in [0.25, 0.3) is 0 Å². The van der Waals surface area contributed by atoms with E-state index in [4.69, 9.17) is 5.11 Å². The van der Waals surface area contributed by atoms with Gasteiger partial charge < -0.3 is 5.11 Å². The summed E-state index contributed by atoms with van der Waals surface area (Å²) >= 11 is 1.77. The van der Waals surface area contributed by atoms with Gasteiger partial charge in [-0.25, -0.2) is 4.79 Å². The van der Waals surface area contributed by atoms with Crippen molar-refractivity contribution in [2.24, 2.45) is 0 Å². The van der Waals surface area contributed by atoms with Crippen LogP contribution in [0.2, 0.25) is 0 Å². The number of carboxylic acids is 1. The van der Waals surface area contributed by atoms with Gasteiger partial charge in [-0.2, -0.15) is 0 Å². The molecule has 0 aliphatic heterocycles.